The van der Waals surface area contributed by atoms with Gasteiger partial charge in [-0.05, 0) is 49.8 Å². The average Bonchev–Trinajstić information content (AvgIpc) is 2.54. The van der Waals surface area contributed by atoms with E-state index in [0.717, 1.165) is 37.0 Å². The predicted molar refractivity (Wildman–Crippen MR) is 88.0 cm³/mol. The number of benzene rings is 1. The molecule has 21 heavy (non-hydrogen) atoms. The highest BCUT2D eigenvalue weighted by Gasteiger charge is 2.29. The van der Waals surface area contributed by atoms with Crippen molar-refractivity contribution in [1.29, 1.82) is 0 Å². The summed E-state index contributed by atoms with van der Waals surface area (Å²) in [5, 5.41) is 10.8. The number of piperidine rings is 1. The predicted octanol–water partition coefficient (Wildman–Crippen LogP) is 2.59. The summed E-state index contributed by atoms with van der Waals surface area (Å²) >= 11 is 0. The van der Waals surface area contributed by atoms with Gasteiger partial charge in [-0.1, -0.05) is 44.2 Å². The maximum absolute atomic E-state index is 10.8. The molecule has 0 radical (unpaired) electrons. The third kappa shape index (κ3) is 4.29. The first-order valence-corrected chi connectivity index (χ1v) is 8.25. The highest BCUT2D eigenvalue weighted by molar-refractivity contribution is 5.22. The Morgan fingerprint density at radius 3 is 2.38 bits per heavy atom. The number of hydrogen-bond donors (Lipinski definition) is 2. The molecule has 3 N–H and O–H groups in total. The van der Waals surface area contributed by atoms with Gasteiger partial charge in [0.15, 0.2) is 0 Å². The Bertz CT molecular complexity index is 412. The van der Waals surface area contributed by atoms with Gasteiger partial charge in [0, 0.05) is 13.1 Å². The van der Waals surface area contributed by atoms with E-state index < -0.39 is 5.60 Å². The minimum Gasteiger partial charge on any atom is -0.384 e. The van der Waals surface area contributed by atoms with Gasteiger partial charge >= 0.3 is 0 Å². The molecule has 0 aromatic heterocycles. The molecule has 1 atom stereocenters. The van der Waals surface area contributed by atoms with Crippen molar-refractivity contribution >= 4 is 0 Å². The summed E-state index contributed by atoms with van der Waals surface area (Å²) in [4.78, 5) is 2.47. The summed E-state index contributed by atoms with van der Waals surface area (Å²) in [6.45, 7) is 8.15. The normalized spacial score (nSPS) is 20.6. The molecule has 1 aliphatic rings. The van der Waals surface area contributed by atoms with Crippen LogP contribution >= 0.6 is 0 Å². The minimum absolute atomic E-state index is 0.277. The Morgan fingerprint density at radius 1 is 1.24 bits per heavy atom. The lowest BCUT2D eigenvalue weighted by Gasteiger charge is -2.36. The van der Waals surface area contributed by atoms with Crippen LogP contribution in [0.3, 0.4) is 0 Å². The van der Waals surface area contributed by atoms with E-state index in [-0.39, 0.29) is 6.54 Å². The van der Waals surface area contributed by atoms with Crippen molar-refractivity contribution < 1.29 is 5.11 Å². The molecule has 1 heterocycles. The van der Waals surface area contributed by atoms with Crippen molar-refractivity contribution in [1.82, 2.24) is 4.90 Å². The van der Waals surface area contributed by atoms with Crippen LogP contribution in [0, 0.1) is 11.8 Å². The molecule has 3 heteroatoms. The summed E-state index contributed by atoms with van der Waals surface area (Å²) in [6, 6.07) is 9.83. The van der Waals surface area contributed by atoms with Crippen molar-refractivity contribution in [3.63, 3.8) is 0 Å². The molecule has 0 amide bonds. The molecule has 0 saturated carbocycles. The zero-order valence-corrected chi connectivity index (χ0v) is 13.5. The third-order valence-corrected chi connectivity index (χ3v) is 5.07. The van der Waals surface area contributed by atoms with E-state index in [1.54, 1.807) is 0 Å². The molecule has 1 aromatic rings. The summed E-state index contributed by atoms with van der Waals surface area (Å²) < 4.78 is 0. The summed E-state index contributed by atoms with van der Waals surface area (Å²) in [7, 11) is 0. The van der Waals surface area contributed by atoms with Crippen molar-refractivity contribution in [3.8, 4) is 0 Å². The molecule has 118 valence electrons. The molecule has 2 rings (SSSR count). The molecular weight excluding hydrogens is 260 g/mol. The van der Waals surface area contributed by atoms with Crippen LogP contribution in [-0.2, 0) is 5.60 Å². The lowest BCUT2D eigenvalue weighted by atomic mass is 9.86. The molecule has 1 unspecified atom stereocenters. The van der Waals surface area contributed by atoms with Crippen LogP contribution in [0.25, 0.3) is 0 Å². The smallest absolute Gasteiger partial charge is 0.103 e. The van der Waals surface area contributed by atoms with Gasteiger partial charge in [0.25, 0.3) is 0 Å². The van der Waals surface area contributed by atoms with E-state index >= 15 is 0 Å². The van der Waals surface area contributed by atoms with Gasteiger partial charge in [0.2, 0.25) is 0 Å². The maximum Gasteiger partial charge on any atom is 0.103 e. The number of rotatable bonds is 6. The van der Waals surface area contributed by atoms with E-state index in [1.165, 1.54) is 12.8 Å². The Kier molecular flexibility index (Phi) is 5.80. The van der Waals surface area contributed by atoms with E-state index in [9.17, 15) is 5.11 Å². The Morgan fingerprint density at radius 2 is 1.86 bits per heavy atom. The number of nitrogens with two attached hydrogens (primary N) is 1. The monoisotopic (exact) mass is 290 g/mol. The van der Waals surface area contributed by atoms with Crippen molar-refractivity contribution in [2.75, 3.05) is 26.2 Å². The largest absolute Gasteiger partial charge is 0.384 e. The van der Waals surface area contributed by atoms with Crippen LogP contribution in [0.4, 0.5) is 0 Å². The molecule has 0 spiro atoms. The molecular formula is C18H30N2O. The minimum atomic E-state index is -0.893. The van der Waals surface area contributed by atoms with Crippen molar-refractivity contribution in [3.05, 3.63) is 35.9 Å². The van der Waals surface area contributed by atoms with Crippen molar-refractivity contribution in [2.45, 2.75) is 38.7 Å². The van der Waals surface area contributed by atoms with E-state index in [4.69, 9.17) is 5.73 Å². The first-order valence-electron chi connectivity index (χ1n) is 8.25. The van der Waals surface area contributed by atoms with Gasteiger partial charge in [0.1, 0.15) is 5.60 Å². The van der Waals surface area contributed by atoms with Gasteiger partial charge in [0.05, 0.1) is 0 Å². The number of likely N-dealkylation sites (tertiary alicyclic amines) is 1. The molecule has 1 fully saturated rings. The second-order valence-corrected chi connectivity index (χ2v) is 6.77. The molecule has 0 aliphatic carbocycles. The third-order valence-electron chi connectivity index (χ3n) is 5.07. The summed E-state index contributed by atoms with van der Waals surface area (Å²) in [5.74, 6) is 1.65. The standard InChI is InChI=1S/C18H30N2O/c1-15(2)16-8-11-20(12-9-16)13-10-18(21,14-19)17-6-4-3-5-7-17/h3-7,15-16,21H,8-14,19H2,1-2H3. The van der Waals surface area contributed by atoms with Gasteiger partial charge < -0.3 is 15.7 Å². The Hall–Kier alpha value is -0.900. The second-order valence-electron chi connectivity index (χ2n) is 6.77. The number of hydrogen-bond acceptors (Lipinski definition) is 3. The van der Waals surface area contributed by atoms with E-state index in [1.807, 2.05) is 30.3 Å². The van der Waals surface area contributed by atoms with E-state index in [0.29, 0.717) is 6.42 Å². The van der Waals surface area contributed by atoms with Crippen LogP contribution in [0.2, 0.25) is 0 Å². The van der Waals surface area contributed by atoms with E-state index in [2.05, 4.69) is 18.7 Å². The first kappa shape index (κ1) is 16.5. The Labute approximate surface area is 129 Å². The second kappa shape index (κ2) is 7.39. The first-order chi connectivity index (χ1) is 10.0. The van der Waals surface area contributed by atoms with Crippen LogP contribution in [0.5, 0.6) is 0 Å². The fraction of sp³-hybridized carbons (Fsp3) is 0.667. The van der Waals surface area contributed by atoms with Gasteiger partial charge in [-0.25, -0.2) is 0 Å². The zero-order valence-electron chi connectivity index (χ0n) is 13.5. The fourth-order valence-corrected chi connectivity index (χ4v) is 3.30. The van der Waals surface area contributed by atoms with Crippen molar-refractivity contribution in [2.24, 2.45) is 17.6 Å². The molecule has 1 aromatic carbocycles. The number of nitrogens with zero attached hydrogens (tertiary/aromatic N) is 1. The zero-order chi connectivity index (χ0) is 15.3. The van der Waals surface area contributed by atoms with Crippen LogP contribution in [-0.4, -0.2) is 36.2 Å². The van der Waals surface area contributed by atoms with Crippen LogP contribution < -0.4 is 5.73 Å². The van der Waals surface area contributed by atoms with Crippen LogP contribution in [0.1, 0.15) is 38.7 Å². The highest BCUT2D eigenvalue weighted by atomic mass is 16.3. The quantitative estimate of drug-likeness (QED) is 0.846. The lowest BCUT2D eigenvalue weighted by molar-refractivity contribution is 0.0208. The molecule has 1 aliphatic heterocycles. The SMILES string of the molecule is CC(C)C1CCN(CCC(O)(CN)c2ccccc2)CC1. The molecule has 3 nitrogen and oxygen atoms in total. The summed E-state index contributed by atoms with van der Waals surface area (Å²) in [5.41, 5.74) is 5.89. The van der Waals surface area contributed by atoms with Gasteiger partial charge in [-0.15, -0.1) is 0 Å². The number of aliphatic hydroxyl groups is 1. The fourth-order valence-electron chi connectivity index (χ4n) is 3.30. The molecule has 1 saturated heterocycles. The van der Waals surface area contributed by atoms with Crippen LogP contribution in [0.15, 0.2) is 30.3 Å². The molecule has 0 bridgehead atoms. The maximum atomic E-state index is 10.8. The highest BCUT2D eigenvalue weighted by Crippen LogP contribution is 2.27. The van der Waals surface area contributed by atoms with Gasteiger partial charge in [-0.2, -0.15) is 0 Å². The van der Waals surface area contributed by atoms with Gasteiger partial charge in [-0.3, -0.25) is 0 Å². The Balaban J connectivity index is 1.87. The topological polar surface area (TPSA) is 49.5 Å². The average molecular weight is 290 g/mol. The lowest BCUT2D eigenvalue weighted by Crippen LogP contribution is -2.41. The summed E-state index contributed by atoms with van der Waals surface area (Å²) in [6.07, 6.45) is 3.27.